The Morgan fingerprint density at radius 1 is 1.44 bits per heavy atom. The summed E-state index contributed by atoms with van der Waals surface area (Å²) in [5.74, 6) is 0.314. The van der Waals surface area contributed by atoms with E-state index in [1.807, 2.05) is 20.0 Å². The van der Waals surface area contributed by atoms with Crippen molar-refractivity contribution in [3.8, 4) is 5.75 Å². The molecule has 0 bridgehead atoms. The number of likely N-dealkylation sites (tertiary alicyclic amines) is 1. The van der Waals surface area contributed by atoms with E-state index in [1.54, 1.807) is 6.07 Å². The molecule has 100 valence electrons. The van der Waals surface area contributed by atoms with Crippen molar-refractivity contribution in [3.05, 3.63) is 23.5 Å². The van der Waals surface area contributed by atoms with Gasteiger partial charge in [0.1, 0.15) is 5.75 Å². The van der Waals surface area contributed by atoms with Crippen LogP contribution >= 0.6 is 0 Å². The number of rotatable bonds is 4. The zero-order valence-electron chi connectivity index (χ0n) is 11.3. The molecule has 0 saturated carbocycles. The topological polar surface area (TPSA) is 48.4 Å². The summed E-state index contributed by atoms with van der Waals surface area (Å²) in [5, 5.41) is 13.1. The van der Waals surface area contributed by atoms with Crippen molar-refractivity contribution >= 4 is 0 Å². The van der Waals surface area contributed by atoms with Gasteiger partial charge in [0, 0.05) is 24.8 Å². The highest BCUT2D eigenvalue weighted by molar-refractivity contribution is 5.27. The minimum Gasteiger partial charge on any atom is -0.506 e. The lowest BCUT2D eigenvalue weighted by atomic mass is 10.0. The van der Waals surface area contributed by atoms with Gasteiger partial charge in [0.05, 0.1) is 5.69 Å². The first-order valence-corrected chi connectivity index (χ1v) is 6.75. The SMILES string of the molecule is CNCC1CCCCN1Cc1nc(C)ccc1O. The average molecular weight is 249 g/mol. The molecule has 2 heterocycles. The molecule has 2 N–H and O–H groups in total. The van der Waals surface area contributed by atoms with Gasteiger partial charge in [-0.1, -0.05) is 6.42 Å². The van der Waals surface area contributed by atoms with Gasteiger partial charge in [-0.15, -0.1) is 0 Å². The molecule has 4 heteroatoms. The standard InChI is InChI=1S/C14H23N3O/c1-11-6-7-14(18)13(16-11)10-17-8-4-3-5-12(17)9-15-2/h6-7,12,15,18H,3-5,8-10H2,1-2H3. The number of aromatic hydroxyl groups is 1. The monoisotopic (exact) mass is 249 g/mol. The molecular formula is C14H23N3O. The molecule has 0 aliphatic carbocycles. The van der Waals surface area contributed by atoms with Crippen LogP contribution in [0.15, 0.2) is 12.1 Å². The van der Waals surface area contributed by atoms with Gasteiger partial charge in [0.25, 0.3) is 0 Å². The summed E-state index contributed by atoms with van der Waals surface area (Å²) in [6.45, 7) is 4.82. The van der Waals surface area contributed by atoms with Crippen molar-refractivity contribution in [1.82, 2.24) is 15.2 Å². The van der Waals surface area contributed by atoms with E-state index in [1.165, 1.54) is 19.3 Å². The van der Waals surface area contributed by atoms with E-state index in [0.717, 1.165) is 31.0 Å². The number of hydrogen-bond acceptors (Lipinski definition) is 4. The quantitative estimate of drug-likeness (QED) is 0.852. The number of nitrogens with zero attached hydrogens (tertiary/aromatic N) is 2. The van der Waals surface area contributed by atoms with E-state index >= 15 is 0 Å². The molecule has 0 spiro atoms. The van der Waals surface area contributed by atoms with Crippen LogP contribution in [-0.4, -0.2) is 41.2 Å². The molecule has 18 heavy (non-hydrogen) atoms. The fourth-order valence-electron chi connectivity index (χ4n) is 2.65. The fraction of sp³-hybridized carbons (Fsp3) is 0.643. The predicted octanol–water partition coefficient (Wildman–Crippen LogP) is 1.67. The van der Waals surface area contributed by atoms with Gasteiger partial charge in [-0.3, -0.25) is 9.88 Å². The minimum absolute atomic E-state index is 0.314. The highest BCUT2D eigenvalue weighted by atomic mass is 16.3. The zero-order valence-corrected chi connectivity index (χ0v) is 11.3. The van der Waals surface area contributed by atoms with Crippen LogP contribution in [0.25, 0.3) is 0 Å². The second-order valence-corrected chi connectivity index (χ2v) is 5.10. The number of nitrogens with one attached hydrogen (secondary N) is 1. The molecule has 1 saturated heterocycles. The van der Waals surface area contributed by atoms with Crippen molar-refractivity contribution in [2.24, 2.45) is 0 Å². The number of hydrogen-bond donors (Lipinski definition) is 2. The zero-order chi connectivity index (χ0) is 13.0. The van der Waals surface area contributed by atoms with E-state index in [0.29, 0.717) is 11.8 Å². The molecule has 1 atom stereocenters. The van der Waals surface area contributed by atoms with Crippen LogP contribution in [0.5, 0.6) is 5.75 Å². The molecule has 1 aliphatic rings. The lowest BCUT2D eigenvalue weighted by Gasteiger charge is -2.35. The lowest BCUT2D eigenvalue weighted by Crippen LogP contribution is -2.44. The molecule has 1 aromatic rings. The first-order valence-electron chi connectivity index (χ1n) is 6.75. The Balaban J connectivity index is 2.08. The van der Waals surface area contributed by atoms with E-state index in [9.17, 15) is 5.11 Å². The van der Waals surface area contributed by atoms with E-state index in [2.05, 4.69) is 15.2 Å². The van der Waals surface area contributed by atoms with E-state index < -0.39 is 0 Å². The Morgan fingerprint density at radius 3 is 3.06 bits per heavy atom. The van der Waals surface area contributed by atoms with Crippen LogP contribution in [0.2, 0.25) is 0 Å². The van der Waals surface area contributed by atoms with Gasteiger partial charge < -0.3 is 10.4 Å². The summed E-state index contributed by atoms with van der Waals surface area (Å²) in [5.41, 5.74) is 1.77. The lowest BCUT2D eigenvalue weighted by molar-refractivity contribution is 0.136. The van der Waals surface area contributed by atoms with Crippen molar-refractivity contribution in [1.29, 1.82) is 0 Å². The van der Waals surface area contributed by atoms with Crippen LogP contribution in [0, 0.1) is 6.92 Å². The summed E-state index contributed by atoms with van der Waals surface area (Å²) in [4.78, 5) is 6.88. The smallest absolute Gasteiger partial charge is 0.138 e. The first kappa shape index (κ1) is 13.3. The third-order valence-corrected chi connectivity index (χ3v) is 3.63. The molecule has 1 unspecified atom stereocenters. The van der Waals surface area contributed by atoms with E-state index in [4.69, 9.17) is 0 Å². The van der Waals surface area contributed by atoms with Gasteiger partial charge in [-0.25, -0.2) is 0 Å². The van der Waals surface area contributed by atoms with Crippen LogP contribution in [-0.2, 0) is 6.54 Å². The van der Waals surface area contributed by atoms with Crippen molar-refractivity contribution < 1.29 is 5.11 Å². The Kier molecular flexibility index (Phi) is 4.55. The van der Waals surface area contributed by atoms with Crippen molar-refractivity contribution in [3.63, 3.8) is 0 Å². The molecular weight excluding hydrogens is 226 g/mol. The fourth-order valence-corrected chi connectivity index (χ4v) is 2.65. The molecule has 1 aromatic heterocycles. The predicted molar refractivity (Wildman–Crippen MR) is 72.6 cm³/mol. The summed E-state index contributed by atoms with van der Waals surface area (Å²) in [6.07, 6.45) is 3.77. The maximum absolute atomic E-state index is 9.88. The number of pyridine rings is 1. The molecule has 0 radical (unpaired) electrons. The normalized spacial score (nSPS) is 21.1. The van der Waals surface area contributed by atoms with Crippen LogP contribution in [0.3, 0.4) is 0 Å². The van der Waals surface area contributed by atoms with Gasteiger partial charge in [-0.05, 0) is 45.5 Å². The van der Waals surface area contributed by atoms with Gasteiger partial charge in [0.2, 0.25) is 0 Å². The Morgan fingerprint density at radius 2 is 2.28 bits per heavy atom. The second kappa shape index (κ2) is 6.16. The number of aryl methyl sites for hydroxylation is 1. The summed E-state index contributed by atoms with van der Waals surface area (Å²) in [7, 11) is 2.00. The number of aromatic nitrogens is 1. The average Bonchev–Trinajstić information content (AvgIpc) is 2.36. The maximum atomic E-state index is 9.88. The third kappa shape index (κ3) is 3.21. The first-order chi connectivity index (χ1) is 8.70. The van der Waals surface area contributed by atoms with Gasteiger partial charge in [0.15, 0.2) is 0 Å². The van der Waals surface area contributed by atoms with Crippen LogP contribution < -0.4 is 5.32 Å². The van der Waals surface area contributed by atoms with Crippen molar-refractivity contribution in [2.45, 2.75) is 38.8 Å². The summed E-state index contributed by atoms with van der Waals surface area (Å²) in [6, 6.07) is 4.15. The Labute approximate surface area is 109 Å². The molecule has 0 amide bonds. The molecule has 4 nitrogen and oxygen atoms in total. The van der Waals surface area contributed by atoms with Crippen LogP contribution in [0.1, 0.15) is 30.7 Å². The molecule has 1 aliphatic heterocycles. The van der Waals surface area contributed by atoms with Gasteiger partial charge in [-0.2, -0.15) is 0 Å². The molecule has 2 rings (SSSR count). The highest BCUT2D eigenvalue weighted by Gasteiger charge is 2.22. The Hall–Kier alpha value is -1.13. The second-order valence-electron chi connectivity index (χ2n) is 5.10. The third-order valence-electron chi connectivity index (χ3n) is 3.63. The largest absolute Gasteiger partial charge is 0.506 e. The van der Waals surface area contributed by atoms with Crippen LogP contribution in [0.4, 0.5) is 0 Å². The summed E-state index contributed by atoms with van der Waals surface area (Å²) < 4.78 is 0. The number of piperidine rings is 1. The number of likely N-dealkylation sites (N-methyl/N-ethyl adjacent to an activating group) is 1. The maximum Gasteiger partial charge on any atom is 0.138 e. The highest BCUT2D eigenvalue weighted by Crippen LogP contribution is 2.22. The molecule has 1 fully saturated rings. The minimum atomic E-state index is 0.314. The molecule has 0 aromatic carbocycles. The van der Waals surface area contributed by atoms with Gasteiger partial charge >= 0.3 is 0 Å². The van der Waals surface area contributed by atoms with Crippen molar-refractivity contribution in [2.75, 3.05) is 20.1 Å². The van der Waals surface area contributed by atoms with E-state index in [-0.39, 0.29) is 0 Å². The Bertz CT molecular complexity index is 393. The summed E-state index contributed by atoms with van der Waals surface area (Å²) >= 11 is 0.